The van der Waals surface area contributed by atoms with Crippen LogP contribution in [0.4, 0.5) is 5.69 Å². The summed E-state index contributed by atoms with van der Waals surface area (Å²) >= 11 is 3.16. The summed E-state index contributed by atoms with van der Waals surface area (Å²) in [7, 11) is 0. The highest BCUT2D eigenvalue weighted by Crippen LogP contribution is 2.52. The quantitative estimate of drug-likeness (QED) is 0.133. The molecule has 144 valence electrons. The van der Waals surface area contributed by atoms with Crippen LogP contribution in [0.3, 0.4) is 0 Å². The third-order valence-corrected chi connectivity index (χ3v) is 5.72. The normalized spacial score (nSPS) is 27.7. The largest absolute Gasteiger partial charge is 0.419 e. The van der Waals surface area contributed by atoms with Gasteiger partial charge in [0.05, 0.1) is 23.0 Å². The van der Waals surface area contributed by atoms with Crippen LogP contribution in [0.2, 0.25) is 0 Å². The summed E-state index contributed by atoms with van der Waals surface area (Å²) in [4.78, 5) is 47.3. The average Bonchev–Trinajstić information content (AvgIpc) is 3.29. The van der Waals surface area contributed by atoms with E-state index in [1.165, 1.54) is 12.1 Å². The summed E-state index contributed by atoms with van der Waals surface area (Å²) in [5.74, 6) is -2.49. The molecule has 1 aromatic rings. The van der Waals surface area contributed by atoms with Gasteiger partial charge in [-0.15, -0.1) is 0 Å². The van der Waals surface area contributed by atoms with Crippen molar-refractivity contribution in [3.8, 4) is 5.75 Å². The molecule has 1 aromatic carbocycles. The monoisotopic (exact) mass is 447 g/mol. The van der Waals surface area contributed by atoms with Gasteiger partial charge in [0.15, 0.2) is 0 Å². The summed E-state index contributed by atoms with van der Waals surface area (Å²) in [5.41, 5.74) is -0.348. The Morgan fingerprint density at radius 3 is 2.43 bits per heavy atom. The molecule has 0 N–H and O–H groups in total. The van der Waals surface area contributed by atoms with Crippen LogP contribution in [-0.4, -0.2) is 33.9 Å². The number of amides is 2. The summed E-state index contributed by atoms with van der Waals surface area (Å²) < 4.78 is 5.35. The minimum Gasteiger partial charge on any atom is -0.419 e. The molecule has 1 aliphatic heterocycles. The number of hydrazone groups is 1. The zero-order chi connectivity index (χ0) is 20.2. The van der Waals surface area contributed by atoms with E-state index in [2.05, 4.69) is 21.0 Å². The number of fused-ring (bicyclic) bond motifs is 5. The van der Waals surface area contributed by atoms with Crippen molar-refractivity contribution in [1.82, 2.24) is 5.01 Å². The van der Waals surface area contributed by atoms with Gasteiger partial charge in [-0.05, 0) is 24.3 Å². The third-order valence-electron chi connectivity index (χ3n) is 5.26. The number of ether oxygens (including phenoxy) is 1. The van der Waals surface area contributed by atoms with E-state index in [-0.39, 0.29) is 35.0 Å². The molecule has 0 radical (unpaired) electrons. The second-order valence-electron chi connectivity index (χ2n) is 6.93. The number of benzene rings is 1. The van der Waals surface area contributed by atoms with Crippen molar-refractivity contribution in [2.24, 2.45) is 28.8 Å². The van der Waals surface area contributed by atoms with E-state index in [9.17, 15) is 24.5 Å². The van der Waals surface area contributed by atoms with E-state index in [0.29, 0.717) is 4.47 Å². The van der Waals surface area contributed by atoms with Gasteiger partial charge in [-0.1, -0.05) is 28.1 Å². The Morgan fingerprint density at radius 2 is 1.89 bits per heavy atom. The fourth-order valence-corrected chi connectivity index (χ4v) is 4.67. The number of rotatable bonds is 4. The molecule has 1 saturated carbocycles. The fourth-order valence-electron chi connectivity index (χ4n) is 4.21. The van der Waals surface area contributed by atoms with Crippen molar-refractivity contribution in [2.45, 2.75) is 13.3 Å². The van der Waals surface area contributed by atoms with Crippen LogP contribution < -0.4 is 4.74 Å². The molecular weight excluding hydrogens is 434 g/mol. The summed E-state index contributed by atoms with van der Waals surface area (Å²) in [6.45, 7) is 1.12. The van der Waals surface area contributed by atoms with Crippen molar-refractivity contribution >= 4 is 45.6 Å². The second-order valence-corrected chi connectivity index (χ2v) is 7.84. The Labute approximate surface area is 167 Å². The Balaban J connectivity index is 1.68. The summed E-state index contributed by atoms with van der Waals surface area (Å²) in [6, 6.07) is 2.64. The molecule has 2 aliphatic carbocycles. The predicted molar refractivity (Wildman–Crippen MR) is 99.3 cm³/mol. The number of carbonyl (C=O) groups excluding carboxylic acids is 3. The number of allylic oxidation sites excluding steroid dienone is 2. The van der Waals surface area contributed by atoms with Gasteiger partial charge in [0.2, 0.25) is 5.75 Å². The van der Waals surface area contributed by atoms with Gasteiger partial charge in [0.1, 0.15) is 0 Å². The number of esters is 1. The Hall–Kier alpha value is -2.88. The van der Waals surface area contributed by atoms with Gasteiger partial charge in [-0.3, -0.25) is 24.5 Å². The second kappa shape index (κ2) is 6.62. The number of nitrogens with zero attached hydrogens (tertiary/aromatic N) is 3. The first-order valence-corrected chi connectivity index (χ1v) is 9.33. The minimum atomic E-state index is -0.745. The van der Waals surface area contributed by atoms with Crippen molar-refractivity contribution in [3.63, 3.8) is 0 Å². The Bertz CT molecular complexity index is 958. The zero-order valence-electron chi connectivity index (χ0n) is 14.6. The molecule has 4 atom stereocenters. The van der Waals surface area contributed by atoms with Crippen LogP contribution in [0, 0.1) is 33.8 Å². The zero-order valence-corrected chi connectivity index (χ0v) is 16.2. The van der Waals surface area contributed by atoms with Crippen LogP contribution in [0.1, 0.15) is 18.9 Å². The molecule has 0 aromatic heterocycles. The highest BCUT2D eigenvalue weighted by molar-refractivity contribution is 9.10. The molecule has 3 aliphatic rings. The minimum absolute atomic E-state index is 0.0511. The van der Waals surface area contributed by atoms with Gasteiger partial charge < -0.3 is 4.74 Å². The fraction of sp³-hybridized carbons (Fsp3) is 0.333. The van der Waals surface area contributed by atoms with Crippen molar-refractivity contribution in [2.75, 3.05) is 0 Å². The first-order valence-electron chi connectivity index (χ1n) is 8.54. The summed E-state index contributed by atoms with van der Waals surface area (Å²) in [5, 5.41) is 16.1. The lowest BCUT2D eigenvalue weighted by molar-refractivity contribution is -0.385. The maximum absolute atomic E-state index is 12.7. The SMILES string of the molecule is CC(=O)Oc1c(C=NN2C(=O)[C@@H]3[C@H](C2=O)[C@H]2C=C[C@H]3C2)cc(Br)cc1[N+](=O)[O-]. The summed E-state index contributed by atoms with van der Waals surface area (Å²) in [6.07, 6.45) is 5.88. The molecule has 9 nitrogen and oxygen atoms in total. The lowest BCUT2D eigenvalue weighted by Crippen LogP contribution is -2.28. The van der Waals surface area contributed by atoms with E-state index in [1.54, 1.807) is 0 Å². The Morgan fingerprint density at radius 1 is 1.29 bits per heavy atom. The van der Waals surface area contributed by atoms with Crippen LogP contribution in [0.15, 0.2) is 33.9 Å². The van der Waals surface area contributed by atoms with Gasteiger partial charge in [0.25, 0.3) is 11.8 Å². The Kier molecular flexibility index (Phi) is 4.37. The van der Waals surface area contributed by atoms with Gasteiger partial charge >= 0.3 is 11.7 Å². The number of carbonyl (C=O) groups is 3. The van der Waals surface area contributed by atoms with Crippen molar-refractivity contribution in [3.05, 3.63) is 44.4 Å². The topological polar surface area (TPSA) is 119 Å². The first-order chi connectivity index (χ1) is 13.3. The van der Waals surface area contributed by atoms with E-state index in [0.717, 1.165) is 24.6 Å². The van der Waals surface area contributed by atoms with E-state index in [1.807, 2.05) is 12.2 Å². The number of hydrogen-bond donors (Lipinski definition) is 0. The molecule has 1 saturated heterocycles. The molecular formula is C18H14BrN3O6. The molecule has 2 fully saturated rings. The maximum atomic E-state index is 12.7. The maximum Gasteiger partial charge on any atom is 0.313 e. The lowest BCUT2D eigenvalue weighted by atomic mass is 9.85. The molecule has 0 spiro atoms. The van der Waals surface area contributed by atoms with Crippen molar-refractivity contribution in [1.29, 1.82) is 0 Å². The van der Waals surface area contributed by atoms with Crippen LogP contribution in [-0.2, 0) is 14.4 Å². The number of hydrogen-bond acceptors (Lipinski definition) is 7. The third kappa shape index (κ3) is 2.84. The van der Waals surface area contributed by atoms with Gasteiger partial charge in [-0.2, -0.15) is 10.1 Å². The number of nitro groups is 1. The smallest absolute Gasteiger partial charge is 0.313 e. The van der Waals surface area contributed by atoms with Gasteiger partial charge in [-0.25, -0.2) is 0 Å². The van der Waals surface area contributed by atoms with Crippen LogP contribution in [0.25, 0.3) is 0 Å². The van der Waals surface area contributed by atoms with Gasteiger partial charge in [0, 0.05) is 23.0 Å². The number of nitro benzene ring substituents is 1. The highest BCUT2D eigenvalue weighted by atomic mass is 79.9. The van der Waals surface area contributed by atoms with Crippen molar-refractivity contribution < 1.29 is 24.0 Å². The van der Waals surface area contributed by atoms with Crippen LogP contribution >= 0.6 is 15.9 Å². The standard InChI is InChI=1S/C18H14BrN3O6/c1-8(23)28-16-11(5-12(19)6-13(16)22(26)27)7-20-21-17(24)14-9-2-3-10(4-9)15(14)18(21)25/h2-3,5-7,9-10,14-15H,4H2,1H3/t9-,10-,14-,15+/m0/s1. The average molecular weight is 448 g/mol. The first kappa shape index (κ1) is 18.5. The number of imide groups is 1. The molecule has 1 heterocycles. The van der Waals surface area contributed by atoms with E-state index in [4.69, 9.17) is 4.74 Å². The molecule has 4 rings (SSSR count). The highest BCUT2D eigenvalue weighted by Gasteiger charge is 2.59. The molecule has 10 heteroatoms. The number of halogens is 1. The molecule has 0 unspecified atom stereocenters. The lowest BCUT2D eigenvalue weighted by Gasteiger charge is -2.13. The molecule has 28 heavy (non-hydrogen) atoms. The van der Waals surface area contributed by atoms with Crippen LogP contribution in [0.5, 0.6) is 5.75 Å². The van der Waals surface area contributed by atoms with E-state index >= 15 is 0 Å². The molecule has 2 bridgehead atoms. The predicted octanol–water partition coefficient (Wildman–Crippen LogP) is 2.42. The van der Waals surface area contributed by atoms with E-state index < -0.39 is 28.4 Å². The molecule has 2 amide bonds.